The first kappa shape index (κ1) is 15.2. The predicted octanol–water partition coefficient (Wildman–Crippen LogP) is 1.66. The predicted molar refractivity (Wildman–Crippen MR) is 83.1 cm³/mol. The molecule has 0 saturated carbocycles. The number of aromatic nitrogens is 3. The molecule has 1 aliphatic heterocycles. The first-order valence-corrected chi connectivity index (χ1v) is 7.46. The lowest BCUT2D eigenvalue weighted by atomic mass is 9.98. The maximum Gasteiger partial charge on any atom is 0.339 e. The summed E-state index contributed by atoms with van der Waals surface area (Å²) in [5, 5.41) is 6.92. The minimum Gasteiger partial charge on any atom is -0.448 e. The van der Waals surface area contributed by atoms with Crippen LogP contribution in [0.15, 0.2) is 24.3 Å². The van der Waals surface area contributed by atoms with E-state index in [-0.39, 0.29) is 5.92 Å². The summed E-state index contributed by atoms with van der Waals surface area (Å²) >= 11 is 0. The number of cyclic esters (lactones) is 1. The van der Waals surface area contributed by atoms with Crippen molar-refractivity contribution in [1.29, 1.82) is 0 Å². The van der Waals surface area contributed by atoms with Crippen LogP contribution in [0.1, 0.15) is 41.5 Å². The van der Waals surface area contributed by atoms with Gasteiger partial charge in [0.05, 0.1) is 5.56 Å². The molecular formula is C16H18N4O3. The van der Waals surface area contributed by atoms with Gasteiger partial charge in [-0.05, 0) is 11.6 Å². The molecule has 120 valence electrons. The number of fused-ring (bicyclic) bond motifs is 1. The van der Waals surface area contributed by atoms with Crippen molar-refractivity contribution in [3.63, 3.8) is 0 Å². The summed E-state index contributed by atoms with van der Waals surface area (Å²) in [6.07, 6.45) is -0.514. The Morgan fingerprint density at radius 1 is 1.39 bits per heavy atom. The molecule has 0 aliphatic carbocycles. The van der Waals surface area contributed by atoms with Crippen molar-refractivity contribution in [2.24, 2.45) is 7.05 Å². The van der Waals surface area contributed by atoms with Gasteiger partial charge < -0.3 is 4.74 Å². The first-order valence-electron chi connectivity index (χ1n) is 7.46. The van der Waals surface area contributed by atoms with Gasteiger partial charge in [0.2, 0.25) is 5.95 Å². The van der Waals surface area contributed by atoms with E-state index in [0.29, 0.717) is 23.8 Å². The molecule has 2 heterocycles. The smallest absolute Gasteiger partial charge is 0.339 e. The van der Waals surface area contributed by atoms with Gasteiger partial charge in [0.25, 0.3) is 5.91 Å². The molecule has 0 unspecified atom stereocenters. The SMILES string of the molecule is CC(C)c1nc(NC(=O)[C@@H]2Cc3ccccc3C(=O)O2)n(C)n1. The van der Waals surface area contributed by atoms with E-state index in [2.05, 4.69) is 15.4 Å². The van der Waals surface area contributed by atoms with Gasteiger partial charge in [0.15, 0.2) is 11.9 Å². The molecule has 0 bridgehead atoms. The van der Waals surface area contributed by atoms with Crippen LogP contribution in [0, 0.1) is 0 Å². The number of esters is 1. The Morgan fingerprint density at radius 2 is 2.13 bits per heavy atom. The molecule has 2 aromatic rings. The quantitative estimate of drug-likeness (QED) is 0.871. The molecule has 0 spiro atoms. The molecule has 7 nitrogen and oxygen atoms in total. The highest BCUT2D eigenvalue weighted by Gasteiger charge is 2.31. The average Bonchev–Trinajstić information content (AvgIpc) is 2.88. The van der Waals surface area contributed by atoms with Gasteiger partial charge in [-0.15, -0.1) is 0 Å². The monoisotopic (exact) mass is 314 g/mol. The van der Waals surface area contributed by atoms with Gasteiger partial charge in [-0.3, -0.25) is 10.1 Å². The second-order valence-corrected chi connectivity index (χ2v) is 5.82. The second-order valence-electron chi connectivity index (χ2n) is 5.82. The minimum atomic E-state index is -0.864. The Kier molecular flexibility index (Phi) is 3.85. The van der Waals surface area contributed by atoms with E-state index in [1.807, 2.05) is 26.0 Å². The van der Waals surface area contributed by atoms with Gasteiger partial charge in [0, 0.05) is 19.4 Å². The summed E-state index contributed by atoms with van der Waals surface area (Å²) in [6.45, 7) is 3.95. The third-order valence-corrected chi connectivity index (χ3v) is 3.72. The Morgan fingerprint density at radius 3 is 2.83 bits per heavy atom. The maximum absolute atomic E-state index is 12.4. The number of benzene rings is 1. The minimum absolute atomic E-state index is 0.159. The maximum atomic E-state index is 12.4. The number of hydrogen-bond acceptors (Lipinski definition) is 5. The Bertz CT molecular complexity index is 766. The number of carbonyl (C=O) groups excluding carboxylic acids is 2. The first-order chi connectivity index (χ1) is 11.0. The van der Waals surface area contributed by atoms with Crippen LogP contribution in [-0.2, 0) is 23.0 Å². The fraction of sp³-hybridized carbons (Fsp3) is 0.375. The highest BCUT2D eigenvalue weighted by atomic mass is 16.5. The molecule has 1 N–H and O–H groups in total. The molecule has 1 aromatic heterocycles. The van der Waals surface area contributed by atoms with Crippen LogP contribution in [0.4, 0.5) is 5.95 Å². The molecule has 1 amide bonds. The van der Waals surface area contributed by atoms with Gasteiger partial charge in [-0.2, -0.15) is 10.1 Å². The molecule has 0 saturated heterocycles. The number of ether oxygens (including phenoxy) is 1. The zero-order valence-electron chi connectivity index (χ0n) is 13.2. The summed E-state index contributed by atoms with van der Waals surface area (Å²) in [5.41, 5.74) is 1.32. The standard InChI is InChI=1S/C16H18N4O3/c1-9(2)13-17-16(20(3)19-13)18-14(21)12-8-10-6-4-5-7-11(10)15(22)23-12/h4-7,9,12H,8H2,1-3H3,(H,17,18,19,21)/t12-/m0/s1. The van der Waals surface area contributed by atoms with Crippen molar-refractivity contribution >= 4 is 17.8 Å². The number of nitrogens with one attached hydrogen (secondary N) is 1. The van der Waals surface area contributed by atoms with Crippen molar-refractivity contribution in [1.82, 2.24) is 14.8 Å². The van der Waals surface area contributed by atoms with Gasteiger partial charge in [-0.25, -0.2) is 9.48 Å². The van der Waals surface area contributed by atoms with Gasteiger partial charge in [-0.1, -0.05) is 32.0 Å². The molecule has 1 aliphatic rings. The van der Waals surface area contributed by atoms with E-state index in [0.717, 1.165) is 5.56 Å². The summed E-state index contributed by atoms with van der Waals surface area (Å²) in [7, 11) is 1.71. The van der Waals surface area contributed by atoms with E-state index in [1.54, 1.807) is 19.2 Å². The molecule has 0 fully saturated rings. The lowest BCUT2D eigenvalue weighted by Gasteiger charge is -2.23. The third kappa shape index (κ3) is 2.94. The fourth-order valence-corrected chi connectivity index (χ4v) is 2.43. The van der Waals surface area contributed by atoms with E-state index in [1.165, 1.54) is 4.68 Å². The van der Waals surface area contributed by atoms with Crippen LogP contribution in [0.25, 0.3) is 0 Å². The number of carbonyl (C=O) groups is 2. The number of aryl methyl sites for hydroxylation is 1. The summed E-state index contributed by atoms with van der Waals surface area (Å²) in [5.74, 6) is 0.264. The molecule has 7 heteroatoms. The normalized spacial score (nSPS) is 16.9. The lowest BCUT2D eigenvalue weighted by Crippen LogP contribution is -2.38. The number of nitrogens with zero attached hydrogens (tertiary/aromatic N) is 3. The van der Waals surface area contributed by atoms with Gasteiger partial charge >= 0.3 is 5.97 Å². The summed E-state index contributed by atoms with van der Waals surface area (Å²) in [4.78, 5) is 28.6. The molecule has 1 aromatic carbocycles. The van der Waals surface area contributed by atoms with E-state index >= 15 is 0 Å². The van der Waals surface area contributed by atoms with E-state index in [4.69, 9.17) is 4.74 Å². The lowest BCUT2D eigenvalue weighted by molar-refractivity contribution is -0.125. The van der Waals surface area contributed by atoms with Crippen molar-refractivity contribution in [2.45, 2.75) is 32.3 Å². The van der Waals surface area contributed by atoms with E-state index < -0.39 is 18.0 Å². The average molecular weight is 314 g/mol. The van der Waals surface area contributed by atoms with Crippen molar-refractivity contribution in [3.05, 3.63) is 41.2 Å². The Hall–Kier alpha value is -2.70. The molecule has 23 heavy (non-hydrogen) atoms. The van der Waals surface area contributed by atoms with Crippen LogP contribution in [-0.4, -0.2) is 32.7 Å². The van der Waals surface area contributed by atoms with E-state index in [9.17, 15) is 9.59 Å². The summed E-state index contributed by atoms with van der Waals surface area (Å²) < 4.78 is 6.74. The van der Waals surface area contributed by atoms with Crippen LogP contribution in [0.2, 0.25) is 0 Å². The molecule has 1 atom stereocenters. The van der Waals surface area contributed by atoms with Crippen LogP contribution in [0.3, 0.4) is 0 Å². The fourth-order valence-electron chi connectivity index (χ4n) is 2.43. The van der Waals surface area contributed by atoms with Crippen LogP contribution < -0.4 is 5.32 Å². The molecular weight excluding hydrogens is 296 g/mol. The topological polar surface area (TPSA) is 86.1 Å². The van der Waals surface area contributed by atoms with Crippen LogP contribution >= 0.6 is 0 Å². The van der Waals surface area contributed by atoms with Crippen molar-refractivity contribution in [3.8, 4) is 0 Å². The second kappa shape index (κ2) is 5.83. The molecule has 0 radical (unpaired) electrons. The zero-order chi connectivity index (χ0) is 16.6. The Balaban J connectivity index is 1.76. The Labute approximate surface area is 133 Å². The number of hydrogen-bond donors (Lipinski definition) is 1. The third-order valence-electron chi connectivity index (χ3n) is 3.72. The van der Waals surface area contributed by atoms with Gasteiger partial charge in [0.1, 0.15) is 0 Å². The summed E-state index contributed by atoms with van der Waals surface area (Å²) in [6, 6.07) is 7.13. The number of rotatable bonds is 3. The van der Waals surface area contributed by atoms with Crippen LogP contribution in [0.5, 0.6) is 0 Å². The zero-order valence-corrected chi connectivity index (χ0v) is 13.2. The highest BCUT2D eigenvalue weighted by molar-refractivity contribution is 5.99. The number of anilines is 1. The number of amides is 1. The largest absolute Gasteiger partial charge is 0.448 e. The van der Waals surface area contributed by atoms with Crippen molar-refractivity contribution < 1.29 is 14.3 Å². The molecule has 3 rings (SSSR count). The highest BCUT2D eigenvalue weighted by Crippen LogP contribution is 2.21. The van der Waals surface area contributed by atoms with Crippen molar-refractivity contribution in [2.75, 3.05) is 5.32 Å².